The Kier molecular flexibility index (Phi) is 6.44. The van der Waals surface area contributed by atoms with Crippen LogP contribution in [0, 0.1) is 0 Å². The Balaban J connectivity index is 2.78. The van der Waals surface area contributed by atoms with E-state index in [1.807, 2.05) is 0 Å². The van der Waals surface area contributed by atoms with E-state index < -0.39 is 12.2 Å². The molecule has 0 bridgehead atoms. The number of aliphatic hydroxyl groups is 3. The van der Waals surface area contributed by atoms with Gasteiger partial charge in [0.25, 0.3) is 0 Å². The first-order valence-corrected chi connectivity index (χ1v) is 6.37. The summed E-state index contributed by atoms with van der Waals surface area (Å²) in [6.45, 7) is 1.50. The van der Waals surface area contributed by atoms with Crippen LogP contribution in [0.4, 0.5) is 0 Å². The summed E-state index contributed by atoms with van der Waals surface area (Å²) in [6.07, 6.45) is -1.97. The van der Waals surface area contributed by atoms with E-state index in [0.29, 0.717) is 16.9 Å². The van der Waals surface area contributed by atoms with Crippen LogP contribution < -0.4 is 10.1 Å². The van der Waals surface area contributed by atoms with Crippen molar-refractivity contribution in [2.75, 3.05) is 13.7 Å². The summed E-state index contributed by atoms with van der Waals surface area (Å²) in [6, 6.07) is 4.90. The fourth-order valence-electron chi connectivity index (χ4n) is 1.87. The van der Waals surface area contributed by atoms with Crippen molar-refractivity contribution in [2.24, 2.45) is 0 Å². The summed E-state index contributed by atoms with van der Waals surface area (Å²) in [5, 5.41) is 31.8. The average molecular weight is 283 g/mol. The van der Waals surface area contributed by atoms with Crippen LogP contribution in [-0.2, 0) is 11.4 Å². The van der Waals surface area contributed by atoms with E-state index in [1.54, 1.807) is 18.2 Å². The predicted molar refractivity (Wildman–Crippen MR) is 73.2 cm³/mol. The Morgan fingerprint density at radius 2 is 2.10 bits per heavy atom. The summed E-state index contributed by atoms with van der Waals surface area (Å²) in [7, 11) is 1.47. The van der Waals surface area contributed by atoms with Gasteiger partial charge in [0, 0.05) is 19.0 Å². The molecule has 4 N–H and O–H groups in total. The highest BCUT2D eigenvalue weighted by Gasteiger charge is 2.22. The van der Waals surface area contributed by atoms with E-state index >= 15 is 0 Å². The second kappa shape index (κ2) is 7.84. The minimum atomic E-state index is -1.15. The second-order valence-corrected chi connectivity index (χ2v) is 4.52. The Morgan fingerprint density at radius 1 is 1.40 bits per heavy atom. The Bertz CT molecular complexity index is 449. The number of amides is 1. The van der Waals surface area contributed by atoms with Crippen LogP contribution in [0.15, 0.2) is 18.2 Å². The molecule has 1 aromatic carbocycles. The van der Waals surface area contributed by atoms with Gasteiger partial charge in [0.1, 0.15) is 11.9 Å². The number of nitrogens with one attached hydrogen (secondary N) is 1. The van der Waals surface area contributed by atoms with Gasteiger partial charge in [0.15, 0.2) is 0 Å². The zero-order chi connectivity index (χ0) is 15.1. The molecule has 0 aliphatic rings. The first-order valence-electron chi connectivity index (χ1n) is 6.37. The number of methoxy groups -OCH3 is 1. The van der Waals surface area contributed by atoms with E-state index in [1.165, 1.54) is 14.0 Å². The molecular weight excluding hydrogens is 262 g/mol. The highest BCUT2D eigenvalue weighted by molar-refractivity contribution is 5.72. The third kappa shape index (κ3) is 4.48. The summed E-state index contributed by atoms with van der Waals surface area (Å²) in [5.74, 6) is 0.250. The van der Waals surface area contributed by atoms with Crippen LogP contribution in [-0.4, -0.2) is 41.0 Å². The molecule has 112 valence electrons. The van der Waals surface area contributed by atoms with Crippen molar-refractivity contribution in [3.63, 3.8) is 0 Å². The van der Waals surface area contributed by atoms with Crippen molar-refractivity contribution >= 4 is 5.91 Å². The van der Waals surface area contributed by atoms with Crippen molar-refractivity contribution in [3.8, 4) is 5.75 Å². The first kappa shape index (κ1) is 16.4. The molecule has 0 aliphatic carbocycles. The lowest BCUT2D eigenvalue weighted by Gasteiger charge is -2.21. The van der Waals surface area contributed by atoms with Crippen molar-refractivity contribution in [2.45, 2.75) is 32.2 Å². The first-order chi connectivity index (χ1) is 9.49. The smallest absolute Gasteiger partial charge is 0.216 e. The van der Waals surface area contributed by atoms with E-state index in [0.717, 1.165) is 0 Å². The molecule has 0 fully saturated rings. The minimum Gasteiger partial charge on any atom is -0.496 e. The van der Waals surface area contributed by atoms with Gasteiger partial charge in [-0.3, -0.25) is 4.79 Å². The molecule has 0 aromatic heterocycles. The zero-order valence-corrected chi connectivity index (χ0v) is 11.7. The number of hydrogen-bond acceptors (Lipinski definition) is 5. The van der Waals surface area contributed by atoms with Gasteiger partial charge in [-0.15, -0.1) is 0 Å². The number of rotatable bonds is 7. The van der Waals surface area contributed by atoms with E-state index in [9.17, 15) is 15.0 Å². The van der Waals surface area contributed by atoms with Gasteiger partial charge in [-0.2, -0.15) is 0 Å². The van der Waals surface area contributed by atoms with E-state index in [2.05, 4.69) is 5.32 Å². The van der Waals surface area contributed by atoms with Gasteiger partial charge < -0.3 is 25.4 Å². The lowest BCUT2D eigenvalue weighted by atomic mass is 9.99. The van der Waals surface area contributed by atoms with Crippen LogP contribution in [0.1, 0.15) is 30.6 Å². The Morgan fingerprint density at radius 3 is 2.65 bits per heavy atom. The molecule has 6 heteroatoms. The molecule has 6 nitrogen and oxygen atoms in total. The number of hydrogen-bond donors (Lipinski definition) is 4. The minimum absolute atomic E-state index is 0.161. The van der Waals surface area contributed by atoms with E-state index in [4.69, 9.17) is 9.84 Å². The van der Waals surface area contributed by atoms with E-state index in [-0.39, 0.29) is 25.5 Å². The maximum atomic E-state index is 10.7. The van der Waals surface area contributed by atoms with Gasteiger partial charge >= 0.3 is 0 Å². The summed E-state index contributed by atoms with van der Waals surface area (Å²) >= 11 is 0. The topological polar surface area (TPSA) is 99.0 Å². The maximum absolute atomic E-state index is 10.7. The normalized spacial score (nSPS) is 13.7. The SMILES string of the molecule is COc1ccc(CO)cc1C(O)C(O)CCNC(C)=O. The third-order valence-corrected chi connectivity index (χ3v) is 2.97. The van der Waals surface area contributed by atoms with Crippen LogP contribution in [0.3, 0.4) is 0 Å². The summed E-state index contributed by atoms with van der Waals surface area (Å²) in [5.41, 5.74) is 1.03. The molecule has 1 rings (SSSR count). The number of ether oxygens (including phenoxy) is 1. The predicted octanol–water partition coefficient (Wildman–Crippen LogP) is 0.108. The second-order valence-electron chi connectivity index (χ2n) is 4.52. The number of aliphatic hydroxyl groups excluding tert-OH is 3. The molecule has 0 spiro atoms. The van der Waals surface area contributed by atoms with Crippen LogP contribution in [0.25, 0.3) is 0 Å². The zero-order valence-electron chi connectivity index (χ0n) is 11.7. The maximum Gasteiger partial charge on any atom is 0.216 e. The summed E-state index contributed by atoms with van der Waals surface area (Å²) < 4.78 is 5.14. The third-order valence-electron chi connectivity index (χ3n) is 2.97. The van der Waals surface area contributed by atoms with Crippen molar-refractivity contribution < 1.29 is 24.9 Å². The molecule has 0 heterocycles. The quantitative estimate of drug-likeness (QED) is 0.569. The summed E-state index contributed by atoms with van der Waals surface area (Å²) in [4.78, 5) is 10.7. The van der Waals surface area contributed by atoms with Gasteiger partial charge in [-0.05, 0) is 24.1 Å². The number of carbonyl (C=O) groups is 1. The molecule has 20 heavy (non-hydrogen) atoms. The van der Waals surface area contributed by atoms with Crippen molar-refractivity contribution in [1.82, 2.24) is 5.32 Å². The van der Waals surface area contributed by atoms with Crippen molar-refractivity contribution in [1.29, 1.82) is 0 Å². The molecule has 1 aromatic rings. The lowest BCUT2D eigenvalue weighted by molar-refractivity contribution is -0.119. The fraction of sp³-hybridized carbons (Fsp3) is 0.500. The molecule has 0 saturated heterocycles. The molecule has 0 radical (unpaired) electrons. The standard InChI is InChI=1S/C14H21NO5/c1-9(17)15-6-5-12(18)14(19)11-7-10(8-16)3-4-13(11)20-2/h3-4,7,12,14,16,18-19H,5-6,8H2,1-2H3,(H,15,17). The largest absolute Gasteiger partial charge is 0.496 e. The molecule has 2 unspecified atom stereocenters. The van der Waals surface area contributed by atoms with Gasteiger partial charge in [0.05, 0.1) is 19.8 Å². The average Bonchev–Trinajstić information content (AvgIpc) is 2.45. The Hall–Kier alpha value is -1.63. The monoisotopic (exact) mass is 283 g/mol. The van der Waals surface area contributed by atoms with Crippen LogP contribution in [0.2, 0.25) is 0 Å². The fourth-order valence-corrected chi connectivity index (χ4v) is 1.87. The van der Waals surface area contributed by atoms with Gasteiger partial charge in [-0.1, -0.05) is 6.07 Å². The van der Waals surface area contributed by atoms with Gasteiger partial charge in [-0.25, -0.2) is 0 Å². The lowest BCUT2D eigenvalue weighted by Crippen LogP contribution is -2.27. The van der Waals surface area contributed by atoms with Crippen LogP contribution >= 0.6 is 0 Å². The number of carbonyl (C=O) groups excluding carboxylic acids is 1. The molecular formula is C14H21NO5. The van der Waals surface area contributed by atoms with Crippen molar-refractivity contribution in [3.05, 3.63) is 29.3 Å². The van der Waals surface area contributed by atoms with Gasteiger partial charge in [0.2, 0.25) is 5.91 Å². The Labute approximate surface area is 118 Å². The molecule has 2 atom stereocenters. The highest BCUT2D eigenvalue weighted by Crippen LogP contribution is 2.29. The molecule has 1 amide bonds. The number of benzene rings is 1. The van der Waals surface area contributed by atoms with Crippen LogP contribution in [0.5, 0.6) is 5.75 Å². The highest BCUT2D eigenvalue weighted by atomic mass is 16.5. The molecule has 0 aliphatic heterocycles. The molecule has 0 saturated carbocycles.